The Kier molecular flexibility index (Phi) is 2.78. The minimum Gasteiger partial charge on any atom is -0.286 e. The Morgan fingerprint density at radius 3 is 2.78 bits per heavy atom. The molecule has 9 heavy (non-hydrogen) atoms. The lowest BCUT2D eigenvalue weighted by Gasteiger charge is -2.12. The monoisotopic (exact) mass is 257 g/mol. The molecule has 0 aromatic heterocycles. The molecule has 0 spiro atoms. The summed E-state index contributed by atoms with van der Waals surface area (Å²) in [6.45, 7) is 0. The second kappa shape index (κ2) is 3.21. The Bertz CT molecular complexity index is 130. The average molecular weight is 257 g/mol. The molecule has 1 aliphatic heterocycles. The highest BCUT2D eigenvalue weighted by molar-refractivity contribution is 14.1. The van der Waals surface area contributed by atoms with E-state index < -0.39 is 0 Å². The van der Waals surface area contributed by atoms with E-state index in [4.69, 9.17) is 0 Å². The molecule has 1 saturated heterocycles. The van der Waals surface area contributed by atoms with Crippen molar-refractivity contribution in [2.45, 2.75) is 6.04 Å². The van der Waals surface area contributed by atoms with Gasteiger partial charge in [-0.3, -0.25) is 9.69 Å². The molecular weight excluding hydrogens is 249 g/mol. The maximum atomic E-state index is 10.8. The predicted octanol–water partition coefficient (Wildman–Crippen LogP) is 0.953. The van der Waals surface area contributed by atoms with Gasteiger partial charge in [0.1, 0.15) is 0 Å². The van der Waals surface area contributed by atoms with Crippen molar-refractivity contribution in [2.24, 2.45) is 0 Å². The van der Waals surface area contributed by atoms with Gasteiger partial charge >= 0.3 is 0 Å². The molecule has 1 rings (SSSR count). The molecule has 2 nitrogen and oxygen atoms in total. The quantitative estimate of drug-likeness (QED) is 0.515. The fourth-order valence-corrected chi connectivity index (χ4v) is 2.96. The molecule has 1 heterocycles. The van der Waals surface area contributed by atoms with E-state index in [1.165, 1.54) is 0 Å². The van der Waals surface area contributed by atoms with Gasteiger partial charge in [-0.1, -0.05) is 0 Å². The van der Waals surface area contributed by atoms with Gasteiger partial charge in [0, 0.05) is 34.2 Å². The van der Waals surface area contributed by atoms with Gasteiger partial charge in [0.2, 0.25) is 3.79 Å². The SMILES string of the molecule is CN1CSC[C@H]1C(=O)I. The van der Waals surface area contributed by atoms with Crippen molar-refractivity contribution in [2.75, 3.05) is 18.7 Å². The molecule has 4 heteroatoms. The van der Waals surface area contributed by atoms with E-state index in [1.807, 2.05) is 41.4 Å². The van der Waals surface area contributed by atoms with Crippen LogP contribution < -0.4 is 0 Å². The first-order valence-electron chi connectivity index (χ1n) is 2.69. The van der Waals surface area contributed by atoms with Crippen molar-refractivity contribution in [3.8, 4) is 0 Å². The van der Waals surface area contributed by atoms with E-state index in [0.717, 1.165) is 11.6 Å². The maximum Gasteiger partial charge on any atom is 0.210 e. The van der Waals surface area contributed by atoms with Gasteiger partial charge in [-0.05, 0) is 7.05 Å². The number of carbonyl (C=O) groups is 1. The second-order valence-electron chi connectivity index (χ2n) is 2.08. The van der Waals surface area contributed by atoms with Crippen LogP contribution in [0.3, 0.4) is 0 Å². The number of likely N-dealkylation sites (N-methyl/N-ethyl adjacent to an activating group) is 1. The van der Waals surface area contributed by atoms with Crippen LogP contribution in [0, 0.1) is 0 Å². The lowest BCUT2D eigenvalue weighted by molar-refractivity contribution is -0.112. The molecule has 1 atom stereocenters. The van der Waals surface area contributed by atoms with Gasteiger partial charge in [0.25, 0.3) is 0 Å². The van der Waals surface area contributed by atoms with E-state index in [1.54, 1.807) is 0 Å². The first kappa shape index (κ1) is 7.81. The van der Waals surface area contributed by atoms with E-state index in [-0.39, 0.29) is 9.83 Å². The van der Waals surface area contributed by atoms with Crippen molar-refractivity contribution in [1.29, 1.82) is 0 Å². The van der Waals surface area contributed by atoms with E-state index >= 15 is 0 Å². The lowest BCUT2D eigenvalue weighted by atomic mass is 10.4. The van der Waals surface area contributed by atoms with Crippen LogP contribution in [0.4, 0.5) is 0 Å². The number of halogens is 1. The Balaban J connectivity index is 2.49. The van der Waals surface area contributed by atoms with Crippen molar-refractivity contribution >= 4 is 38.1 Å². The second-order valence-corrected chi connectivity index (χ2v) is 4.14. The largest absolute Gasteiger partial charge is 0.286 e. The van der Waals surface area contributed by atoms with Crippen LogP contribution in [0.1, 0.15) is 0 Å². The zero-order valence-corrected chi connectivity index (χ0v) is 8.11. The third kappa shape index (κ3) is 1.81. The molecule has 1 aliphatic rings. The molecule has 0 bridgehead atoms. The summed E-state index contributed by atoms with van der Waals surface area (Å²) in [6.07, 6.45) is 0. The highest BCUT2D eigenvalue weighted by Gasteiger charge is 2.25. The van der Waals surface area contributed by atoms with Gasteiger partial charge in [0.15, 0.2) is 0 Å². The van der Waals surface area contributed by atoms with Gasteiger partial charge in [0.05, 0.1) is 6.04 Å². The Morgan fingerprint density at radius 2 is 2.56 bits per heavy atom. The molecule has 0 aromatic carbocycles. The molecular formula is C5H8INOS. The Labute approximate surface area is 72.5 Å². The van der Waals surface area contributed by atoms with Crippen molar-refractivity contribution in [1.82, 2.24) is 4.90 Å². The Morgan fingerprint density at radius 1 is 1.89 bits per heavy atom. The molecule has 0 radical (unpaired) electrons. The summed E-state index contributed by atoms with van der Waals surface area (Å²) in [4.78, 5) is 12.9. The number of rotatable bonds is 1. The number of hydrogen-bond acceptors (Lipinski definition) is 3. The molecule has 0 aromatic rings. The average Bonchev–Trinajstić information content (AvgIpc) is 2.13. The molecule has 0 N–H and O–H groups in total. The fourth-order valence-electron chi connectivity index (χ4n) is 0.764. The van der Waals surface area contributed by atoms with Crippen LogP contribution >= 0.6 is 34.4 Å². The fraction of sp³-hybridized carbons (Fsp3) is 0.800. The number of hydrogen-bond donors (Lipinski definition) is 0. The summed E-state index contributed by atoms with van der Waals surface area (Å²) >= 11 is 3.68. The number of nitrogens with zero attached hydrogens (tertiary/aromatic N) is 1. The van der Waals surface area contributed by atoms with E-state index in [9.17, 15) is 4.79 Å². The van der Waals surface area contributed by atoms with Crippen LogP contribution in [0.15, 0.2) is 0 Å². The van der Waals surface area contributed by atoms with Gasteiger partial charge in [-0.15, -0.1) is 11.8 Å². The molecule has 0 saturated carbocycles. The Hall–Kier alpha value is 0.710. The van der Waals surface area contributed by atoms with E-state index in [2.05, 4.69) is 4.90 Å². The summed E-state index contributed by atoms with van der Waals surface area (Å²) in [7, 11) is 1.99. The van der Waals surface area contributed by atoms with E-state index in [0.29, 0.717) is 0 Å². The maximum absolute atomic E-state index is 10.8. The van der Waals surface area contributed by atoms with Crippen LogP contribution in [0.5, 0.6) is 0 Å². The van der Waals surface area contributed by atoms with Gasteiger partial charge < -0.3 is 0 Å². The van der Waals surface area contributed by atoms with Crippen LogP contribution in [0.25, 0.3) is 0 Å². The topological polar surface area (TPSA) is 20.3 Å². The third-order valence-electron chi connectivity index (χ3n) is 1.36. The van der Waals surface area contributed by atoms with Crippen LogP contribution in [-0.2, 0) is 4.79 Å². The van der Waals surface area contributed by atoms with Crippen LogP contribution in [0.2, 0.25) is 0 Å². The molecule has 1 fully saturated rings. The summed E-state index contributed by atoms with van der Waals surface area (Å²) < 4.78 is 0.264. The summed E-state index contributed by atoms with van der Waals surface area (Å²) in [5.41, 5.74) is 0. The minimum atomic E-state index is 0.176. The predicted molar refractivity (Wildman–Crippen MR) is 47.9 cm³/mol. The zero-order chi connectivity index (χ0) is 6.85. The normalized spacial score (nSPS) is 28.9. The number of thioether (sulfide) groups is 1. The number of carbonyl (C=O) groups excluding carboxylic acids is 1. The third-order valence-corrected chi connectivity index (χ3v) is 3.22. The first-order valence-corrected chi connectivity index (χ1v) is 4.92. The van der Waals surface area contributed by atoms with Crippen LogP contribution in [-0.4, -0.2) is 33.4 Å². The van der Waals surface area contributed by atoms with Crippen molar-refractivity contribution in [3.05, 3.63) is 0 Å². The van der Waals surface area contributed by atoms with Gasteiger partial charge in [-0.2, -0.15) is 0 Å². The van der Waals surface area contributed by atoms with Crippen molar-refractivity contribution in [3.63, 3.8) is 0 Å². The molecule has 52 valence electrons. The highest BCUT2D eigenvalue weighted by atomic mass is 127. The van der Waals surface area contributed by atoms with Crippen molar-refractivity contribution < 1.29 is 4.79 Å². The highest BCUT2D eigenvalue weighted by Crippen LogP contribution is 2.20. The van der Waals surface area contributed by atoms with Gasteiger partial charge in [-0.25, -0.2) is 0 Å². The smallest absolute Gasteiger partial charge is 0.210 e. The zero-order valence-electron chi connectivity index (χ0n) is 5.13. The summed E-state index contributed by atoms with van der Waals surface area (Å²) in [5.74, 6) is 1.97. The molecule has 0 amide bonds. The lowest BCUT2D eigenvalue weighted by Crippen LogP contribution is -2.31. The minimum absolute atomic E-state index is 0.176. The first-order chi connectivity index (χ1) is 4.22. The summed E-state index contributed by atoms with van der Waals surface area (Å²) in [6, 6.07) is 0.176. The standard InChI is InChI=1S/C5H8INOS/c1-7-3-9-2-4(7)5(6)8/h4H,2-3H2,1H3/t4-/m0/s1. The molecule has 0 unspecified atom stereocenters. The summed E-state index contributed by atoms with van der Waals surface area (Å²) in [5, 5.41) is 0. The molecule has 0 aliphatic carbocycles.